The van der Waals surface area contributed by atoms with Crippen molar-refractivity contribution in [1.29, 1.82) is 0 Å². The minimum absolute atomic E-state index is 0.0232. The van der Waals surface area contributed by atoms with Crippen molar-refractivity contribution in [2.75, 3.05) is 6.61 Å². The molecule has 3 saturated heterocycles. The van der Waals surface area contributed by atoms with Gasteiger partial charge in [-0.3, -0.25) is 0 Å². The van der Waals surface area contributed by atoms with Gasteiger partial charge in [0.05, 0.1) is 6.61 Å². The van der Waals surface area contributed by atoms with Crippen LogP contribution in [0.3, 0.4) is 0 Å². The Hall–Kier alpha value is -0.763. The molecule has 138 valence electrons. The highest BCUT2D eigenvalue weighted by atomic mass is 28.4. The van der Waals surface area contributed by atoms with Gasteiger partial charge in [0.15, 0.2) is 20.9 Å². The summed E-state index contributed by atoms with van der Waals surface area (Å²) in [7, 11) is -1.94. The highest BCUT2D eigenvalue weighted by Crippen LogP contribution is 2.46. The molecule has 1 unspecified atom stereocenters. The fourth-order valence-corrected chi connectivity index (χ4v) is 4.50. The minimum Gasteiger partial charge on any atom is -0.408 e. The van der Waals surface area contributed by atoms with Crippen LogP contribution >= 0.6 is 0 Å². The average Bonchev–Trinajstić information content (AvgIpc) is 3.33. The normalized spacial score (nSPS) is 38.0. The lowest BCUT2D eigenvalue weighted by Gasteiger charge is -2.46. The number of benzene rings is 1. The van der Waals surface area contributed by atoms with Crippen molar-refractivity contribution in [3.05, 3.63) is 35.9 Å². The standard InChI is InChI=1S/C19H28O5Si/c1-19(2,3)25(4,5)24-15-14-13(21-18-16(15)23-18)11-20-17(22-14)12-9-7-6-8-10-12/h6-10,13-18H,11H2,1-5H3/t13-,14-,15+,16-,17?,18-/m1/s1. The first-order chi connectivity index (χ1) is 11.8. The Morgan fingerprint density at radius 3 is 2.40 bits per heavy atom. The van der Waals surface area contributed by atoms with Gasteiger partial charge in [-0.1, -0.05) is 51.1 Å². The highest BCUT2D eigenvalue weighted by molar-refractivity contribution is 6.74. The van der Waals surface area contributed by atoms with Gasteiger partial charge >= 0.3 is 0 Å². The summed E-state index contributed by atoms with van der Waals surface area (Å²) in [6.45, 7) is 11.8. The van der Waals surface area contributed by atoms with E-state index in [-0.39, 0.29) is 42.0 Å². The molecule has 25 heavy (non-hydrogen) atoms. The molecule has 0 aliphatic carbocycles. The molecule has 3 fully saturated rings. The summed E-state index contributed by atoms with van der Waals surface area (Å²) in [5, 5.41) is 0.134. The summed E-state index contributed by atoms with van der Waals surface area (Å²) in [6, 6.07) is 10.0. The number of rotatable bonds is 3. The lowest BCUT2D eigenvalue weighted by Crippen LogP contribution is -2.59. The summed E-state index contributed by atoms with van der Waals surface area (Å²) in [4.78, 5) is 0. The topological polar surface area (TPSA) is 49.5 Å². The van der Waals surface area contributed by atoms with E-state index in [1.54, 1.807) is 0 Å². The zero-order valence-electron chi connectivity index (χ0n) is 15.6. The predicted molar refractivity (Wildman–Crippen MR) is 95.6 cm³/mol. The van der Waals surface area contributed by atoms with Crippen LogP contribution in [0.15, 0.2) is 30.3 Å². The number of epoxide rings is 1. The van der Waals surface area contributed by atoms with Crippen LogP contribution < -0.4 is 0 Å². The van der Waals surface area contributed by atoms with Crippen LogP contribution in [0.1, 0.15) is 32.6 Å². The SMILES string of the molecule is CC(C)(C)[Si](C)(C)O[C@@H]1[C@H]2O[C@H]2O[C@@H]2COC(c3ccccc3)O[C@@H]12. The number of ether oxygens (including phenoxy) is 4. The summed E-state index contributed by atoms with van der Waals surface area (Å²) in [5.41, 5.74) is 1.02. The van der Waals surface area contributed by atoms with Gasteiger partial charge in [0.2, 0.25) is 0 Å². The summed E-state index contributed by atoms with van der Waals surface area (Å²) < 4.78 is 30.6. The van der Waals surface area contributed by atoms with Crippen LogP contribution in [0.4, 0.5) is 0 Å². The first-order valence-electron chi connectivity index (χ1n) is 9.07. The molecule has 1 aromatic carbocycles. The van der Waals surface area contributed by atoms with Gasteiger partial charge < -0.3 is 23.4 Å². The minimum atomic E-state index is -1.94. The molecule has 0 radical (unpaired) electrons. The second-order valence-electron chi connectivity index (χ2n) is 8.66. The van der Waals surface area contributed by atoms with E-state index in [1.165, 1.54) is 0 Å². The van der Waals surface area contributed by atoms with Crippen molar-refractivity contribution in [2.45, 2.75) is 75.9 Å². The Morgan fingerprint density at radius 1 is 1.00 bits per heavy atom. The monoisotopic (exact) mass is 364 g/mol. The molecular weight excluding hydrogens is 336 g/mol. The van der Waals surface area contributed by atoms with Gasteiger partial charge in [-0.05, 0) is 18.1 Å². The quantitative estimate of drug-likeness (QED) is 0.606. The van der Waals surface area contributed by atoms with Crippen LogP contribution in [0.25, 0.3) is 0 Å². The van der Waals surface area contributed by atoms with E-state index in [1.807, 2.05) is 30.3 Å². The zero-order valence-corrected chi connectivity index (χ0v) is 16.6. The number of hydrogen-bond donors (Lipinski definition) is 0. The van der Waals surface area contributed by atoms with Crippen molar-refractivity contribution in [2.24, 2.45) is 0 Å². The van der Waals surface area contributed by atoms with Gasteiger partial charge in [0.1, 0.15) is 24.4 Å². The molecule has 1 aromatic rings. The summed E-state index contributed by atoms with van der Waals surface area (Å²) in [6.07, 6.45) is -0.983. The molecule has 0 spiro atoms. The van der Waals surface area contributed by atoms with Crippen LogP contribution in [0.5, 0.6) is 0 Å². The Morgan fingerprint density at radius 2 is 1.72 bits per heavy atom. The predicted octanol–water partition coefficient (Wildman–Crippen LogP) is 3.61. The maximum atomic E-state index is 6.70. The Balaban J connectivity index is 1.54. The second-order valence-corrected chi connectivity index (χ2v) is 13.4. The van der Waals surface area contributed by atoms with Gasteiger partial charge in [0.25, 0.3) is 0 Å². The maximum Gasteiger partial charge on any atom is 0.192 e. The fraction of sp³-hybridized carbons (Fsp3) is 0.684. The molecule has 0 amide bonds. The molecule has 0 bridgehead atoms. The van der Waals surface area contributed by atoms with Gasteiger partial charge in [-0.15, -0.1) is 0 Å². The number of hydrogen-bond acceptors (Lipinski definition) is 5. The van der Waals surface area contributed by atoms with Crippen LogP contribution in [-0.4, -0.2) is 45.6 Å². The van der Waals surface area contributed by atoms with E-state index in [0.29, 0.717) is 6.61 Å². The van der Waals surface area contributed by atoms with Crippen molar-refractivity contribution in [3.8, 4) is 0 Å². The maximum absolute atomic E-state index is 6.70. The zero-order chi connectivity index (χ0) is 17.8. The third-order valence-corrected chi connectivity index (χ3v) is 10.3. The molecule has 0 aromatic heterocycles. The fourth-order valence-electron chi connectivity index (χ4n) is 3.20. The first kappa shape index (κ1) is 17.6. The average molecular weight is 365 g/mol. The van der Waals surface area contributed by atoms with E-state index in [0.717, 1.165) is 5.56 Å². The van der Waals surface area contributed by atoms with Crippen molar-refractivity contribution in [1.82, 2.24) is 0 Å². The highest BCUT2D eigenvalue weighted by Gasteiger charge is 2.61. The van der Waals surface area contributed by atoms with E-state index in [2.05, 4.69) is 33.9 Å². The molecule has 4 rings (SSSR count). The van der Waals surface area contributed by atoms with E-state index in [4.69, 9.17) is 23.4 Å². The molecule has 6 atom stereocenters. The molecule has 0 N–H and O–H groups in total. The lowest BCUT2D eigenvalue weighted by molar-refractivity contribution is -0.295. The van der Waals surface area contributed by atoms with E-state index >= 15 is 0 Å². The molecule has 3 heterocycles. The van der Waals surface area contributed by atoms with Gasteiger partial charge in [-0.2, -0.15) is 0 Å². The third-order valence-electron chi connectivity index (χ3n) is 5.81. The van der Waals surface area contributed by atoms with Gasteiger partial charge in [-0.25, -0.2) is 0 Å². The Kier molecular flexibility index (Phi) is 4.34. The largest absolute Gasteiger partial charge is 0.408 e. The molecule has 3 aliphatic rings. The molecular formula is C19H28O5Si. The van der Waals surface area contributed by atoms with E-state index in [9.17, 15) is 0 Å². The first-order valence-corrected chi connectivity index (χ1v) is 12.0. The molecule has 6 heteroatoms. The smallest absolute Gasteiger partial charge is 0.192 e. The summed E-state index contributed by atoms with van der Waals surface area (Å²) >= 11 is 0. The Labute approximate surface area is 150 Å². The number of fused-ring (bicyclic) bond motifs is 2. The van der Waals surface area contributed by atoms with Crippen molar-refractivity contribution in [3.63, 3.8) is 0 Å². The lowest BCUT2D eigenvalue weighted by atomic mass is 10.0. The van der Waals surface area contributed by atoms with Crippen LogP contribution in [0, 0.1) is 0 Å². The molecule has 0 saturated carbocycles. The molecule has 3 aliphatic heterocycles. The van der Waals surface area contributed by atoms with Crippen molar-refractivity contribution >= 4 is 8.32 Å². The second kappa shape index (κ2) is 6.15. The van der Waals surface area contributed by atoms with Crippen molar-refractivity contribution < 1.29 is 23.4 Å². The molecule has 5 nitrogen and oxygen atoms in total. The van der Waals surface area contributed by atoms with Crippen LogP contribution in [-0.2, 0) is 23.4 Å². The Bertz CT molecular complexity index is 614. The third kappa shape index (κ3) is 3.31. The van der Waals surface area contributed by atoms with Crippen LogP contribution in [0.2, 0.25) is 18.1 Å². The summed E-state index contributed by atoms with van der Waals surface area (Å²) in [5.74, 6) is 0. The van der Waals surface area contributed by atoms with E-state index < -0.39 is 8.32 Å². The van der Waals surface area contributed by atoms with Gasteiger partial charge in [0, 0.05) is 5.56 Å².